The van der Waals surface area contributed by atoms with E-state index in [0.717, 1.165) is 24.6 Å². The van der Waals surface area contributed by atoms with Crippen LogP contribution in [0.25, 0.3) is 0 Å². The molecule has 0 heterocycles. The first-order chi connectivity index (χ1) is 9.67. The van der Waals surface area contributed by atoms with E-state index in [-0.39, 0.29) is 0 Å². The maximum absolute atomic E-state index is 6.06. The van der Waals surface area contributed by atoms with Gasteiger partial charge in [-0.05, 0) is 31.5 Å². The van der Waals surface area contributed by atoms with Gasteiger partial charge in [0, 0.05) is 23.1 Å². The van der Waals surface area contributed by atoms with E-state index >= 15 is 0 Å². The van der Waals surface area contributed by atoms with Gasteiger partial charge in [0.15, 0.2) is 5.96 Å². The fourth-order valence-electron chi connectivity index (χ4n) is 1.55. The molecule has 0 aliphatic carbocycles. The van der Waals surface area contributed by atoms with Crippen molar-refractivity contribution in [3.05, 3.63) is 33.8 Å². The summed E-state index contributed by atoms with van der Waals surface area (Å²) >= 11 is 11.9. The number of nitrogens with zero attached hydrogens (tertiary/aromatic N) is 1. The summed E-state index contributed by atoms with van der Waals surface area (Å²) in [4.78, 5) is 4.39. The molecule has 2 N–H and O–H groups in total. The zero-order valence-electron chi connectivity index (χ0n) is 11.9. The van der Waals surface area contributed by atoms with Crippen molar-refractivity contribution in [2.45, 2.75) is 20.5 Å². The lowest BCUT2D eigenvalue weighted by atomic mass is 10.2. The van der Waals surface area contributed by atoms with Gasteiger partial charge in [-0.2, -0.15) is 0 Å². The molecule has 4 nitrogen and oxygen atoms in total. The molecule has 0 amide bonds. The van der Waals surface area contributed by atoms with Crippen LogP contribution in [0.4, 0.5) is 0 Å². The summed E-state index contributed by atoms with van der Waals surface area (Å²) in [6, 6.07) is 5.39. The van der Waals surface area contributed by atoms with Gasteiger partial charge in [-0.25, -0.2) is 0 Å². The second-order valence-corrected chi connectivity index (χ2v) is 4.92. The molecule has 0 aliphatic heterocycles. The van der Waals surface area contributed by atoms with Crippen LogP contribution in [0.5, 0.6) is 0 Å². The summed E-state index contributed by atoms with van der Waals surface area (Å²) < 4.78 is 5.56. The summed E-state index contributed by atoms with van der Waals surface area (Å²) in [5.41, 5.74) is 0.929. The Hall–Kier alpha value is -0.970. The molecule has 1 aromatic rings. The van der Waals surface area contributed by atoms with Crippen molar-refractivity contribution < 1.29 is 4.74 Å². The molecule has 6 heteroatoms. The summed E-state index contributed by atoms with van der Waals surface area (Å²) in [7, 11) is 0. The van der Waals surface area contributed by atoms with Crippen LogP contribution in [-0.2, 0) is 11.3 Å². The molecule has 1 aromatic carbocycles. The third-order valence-corrected chi connectivity index (χ3v) is 3.05. The molecule has 0 bridgehead atoms. The molecule has 0 atom stereocenters. The molecule has 0 radical (unpaired) electrons. The van der Waals surface area contributed by atoms with Crippen molar-refractivity contribution in [1.29, 1.82) is 0 Å². The summed E-state index contributed by atoms with van der Waals surface area (Å²) in [5.74, 6) is 0.808. The Kier molecular flexibility index (Phi) is 8.42. The monoisotopic (exact) mass is 317 g/mol. The molecule has 112 valence electrons. The number of nitrogens with one attached hydrogen (secondary N) is 2. The van der Waals surface area contributed by atoms with Crippen LogP contribution in [0.15, 0.2) is 23.2 Å². The predicted molar refractivity (Wildman–Crippen MR) is 85.8 cm³/mol. The van der Waals surface area contributed by atoms with E-state index < -0.39 is 0 Å². The first-order valence-corrected chi connectivity index (χ1v) is 7.46. The highest BCUT2D eigenvalue weighted by atomic mass is 35.5. The molecule has 0 aromatic heterocycles. The zero-order valence-corrected chi connectivity index (χ0v) is 13.4. The number of benzene rings is 1. The van der Waals surface area contributed by atoms with Crippen molar-refractivity contribution in [1.82, 2.24) is 10.6 Å². The maximum Gasteiger partial charge on any atom is 0.191 e. The minimum Gasteiger partial charge on any atom is -0.375 e. The maximum atomic E-state index is 6.06. The third kappa shape index (κ3) is 6.46. The Morgan fingerprint density at radius 1 is 1.20 bits per heavy atom. The van der Waals surface area contributed by atoms with Gasteiger partial charge >= 0.3 is 0 Å². The third-order valence-electron chi connectivity index (χ3n) is 2.47. The summed E-state index contributed by atoms with van der Waals surface area (Å²) in [5, 5.41) is 7.57. The van der Waals surface area contributed by atoms with E-state index in [2.05, 4.69) is 15.6 Å². The second-order valence-electron chi connectivity index (χ2n) is 4.08. The number of guanidine groups is 1. The largest absolute Gasteiger partial charge is 0.375 e. The summed E-state index contributed by atoms with van der Waals surface area (Å²) in [6.07, 6.45) is 0. The molecule has 1 rings (SSSR count). The molecule has 0 saturated heterocycles. The van der Waals surface area contributed by atoms with Gasteiger partial charge < -0.3 is 15.4 Å². The number of ether oxygens (including phenoxy) is 1. The molecule has 0 spiro atoms. The van der Waals surface area contributed by atoms with E-state index in [9.17, 15) is 0 Å². The molecule has 20 heavy (non-hydrogen) atoms. The molecule has 0 aliphatic rings. The van der Waals surface area contributed by atoms with Gasteiger partial charge in [0.1, 0.15) is 0 Å². The van der Waals surface area contributed by atoms with Gasteiger partial charge in [-0.1, -0.05) is 29.3 Å². The van der Waals surface area contributed by atoms with Crippen LogP contribution in [0.2, 0.25) is 10.0 Å². The van der Waals surface area contributed by atoms with E-state index in [1.165, 1.54) is 0 Å². The topological polar surface area (TPSA) is 45.7 Å². The minimum absolute atomic E-state index is 0.462. The lowest BCUT2D eigenvalue weighted by molar-refractivity contribution is 0.128. The number of hydrogen-bond donors (Lipinski definition) is 2. The molecule has 0 unspecified atom stereocenters. The van der Waals surface area contributed by atoms with E-state index in [1.54, 1.807) is 12.1 Å². The molecule has 0 fully saturated rings. The van der Waals surface area contributed by atoms with Gasteiger partial charge in [0.2, 0.25) is 0 Å². The van der Waals surface area contributed by atoms with Crippen molar-refractivity contribution in [2.75, 3.05) is 26.2 Å². The first kappa shape index (κ1) is 17.1. The fraction of sp³-hybridized carbons (Fsp3) is 0.500. The smallest absolute Gasteiger partial charge is 0.191 e. The minimum atomic E-state index is 0.462. The second kappa shape index (κ2) is 9.86. The molecular weight excluding hydrogens is 297 g/mol. The highest BCUT2D eigenvalue weighted by Gasteiger charge is 2.01. The van der Waals surface area contributed by atoms with Crippen molar-refractivity contribution in [2.24, 2.45) is 4.99 Å². The van der Waals surface area contributed by atoms with Crippen LogP contribution in [0, 0.1) is 0 Å². The summed E-state index contributed by atoms with van der Waals surface area (Å²) in [6.45, 7) is 7.35. The first-order valence-electron chi connectivity index (χ1n) is 6.71. The Bertz CT molecular complexity index is 430. The lowest BCUT2D eigenvalue weighted by Crippen LogP contribution is -2.37. The van der Waals surface area contributed by atoms with E-state index in [0.29, 0.717) is 29.8 Å². The van der Waals surface area contributed by atoms with Gasteiger partial charge in [0.25, 0.3) is 0 Å². The number of aliphatic imine (C=N–C) groups is 1. The molecule has 0 saturated carbocycles. The Labute approximate surface area is 130 Å². The van der Waals surface area contributed by atoms with Gasteiger partial charge in [-0.15, -0.1) is 0 Å². The van der Waals surface area contributed by atoms with Crippen LogP contribution in [0.1, 0.15) is 19.4 Å². The average molecular weight is 318 g/mol. The van der Waals surface area contributed by atoms with Crippen molar-refractivity contribution in [3.63, 3.8) is 0 Å². The van der Waals surface area contributed by atoms with Crippen LogP contribution in [0.3, 0.4) is 0 Å². The lowest BCUT2D eigenvalue weighted by Gasteiger charge is -2.09. The quantitative estimate of drug-likeness (QED) is 0.461. The molecular formula is C14H21Cl2N3O. The number of hydrogen-bond acceptors (Lipinski definition) is 2. The Morgan fingerprint density at radius 3 is 2.50 bits per heavy atom. The Balaban J connectivity index is 2.32. The van der Waals surface area contributed by atoms with E-state index in [1.807, 2.05) is 19.9 Å². The average Bonchev–Trinajstić information content (AvgIpc) is 2.41. The van der Waals surface area contributed by atoms with E-state index in [4.69, 9.17) is 27.9 Å². The Morgan fingerprint density at radius 2 is 1.90 bits per heavy atom. The van der Waals surface area contributed by atoms with Crippen LogP contribution >= 0.6 is 23.2 Å². The van der Waals surface area contributed by atoms with Crippen molar-refractivity contribution >= 4 is 29.2 Å². The highest BCUT2D eigenvalue weighted by molar-refractivity contribution is 6.35. The van der Waals surface area contributed by atoms with Crippen LogP contribution in [-0.4, -0.2) is 32.2 Å². The zero-order chi connectivity index (χ0) is 14.8. The SMILES string of the molecule is CCNC(=NCCOCc1ccc(Cl)cc1Cl)NCC. The number of rotatable bonds is 7. The van der Waals surface area contributed by atoms with Crippen molar-refractivity contribution in [3.8, 4) is 0 Å². The standard InChI is InChI=1S/C14H21Cl2N3O/c1-3-17-14(18-4-2)19-7-8-20-10-11-5-6-12(15)9-13(11)16/h5-6,9H,3-4,7-8,10H2,1-2H3,(H2,17,18,19). The predicted octanol–water partition coefficient (Wildman–Crippen LogP) is 3.09. The fourth-order valence-corrected chi connectivity index (χ4v) is 2.02. The highest BCUT2D eigenvalue weighted by Crippen LogP contribution is 2.21. The number of halogens is 2. The normalized spacial score (nSPS) is 10.2. The van der Waals surface area contributed by atoms with Crippen LogP contribution < -0.4 is 10.6 Å². The van der Waals surface area contributed by atoms with Gasteiger partial charge in [-0.3, -0.25) is 4.99 Å². The van der Waals surface area contributed by atoms with Gasteiger partial charge in [0.05, 0.1) is 19.8 Å².